The van der Waals surface area contributed by atoms with Crippen LogP contribution in [0.3, 0.4) is 0 Å². The maximum atomic E-state index is 13.1. The summed E-state index contributed by atoms with van der Waals surface area (Å²) in [5, 5.41) is 9.17. The van der Waals surface area contributed by atoms with Crippen molar-refractivity contribution in [2.45, 2.75) is 25.7 Å². The zero-order chi connectivity index (χ0) is 13.9. The van der Waals surface area contributed by atoms with Crippen LogP contribution in [0.1, 0.15) is 24.8 Å². The van der Waals surface area contributed by atoms with Crippen LogP contribution in [-0.2, 0) is 6.42 Å². The van der Waals surface area contributed by atoms with E-state index < -0.39 is 11.6 Å². The molecule has 4 heteroatoms. The first-order valence-corrected chi connectivity index (χ1v) is 6.58. The Kier molecular flexibility index (Phi) is 4.16. The number of benzene rings is 1. The summed E-state index contributed by atoms with van der Waals surface area (Å²) in [4.78, 5) is 2.10. The lowest BCUT2D eigenvalue weighted by Crippen LogP contribution is -2.40. The van der Waals surface area contributed by atoms with Gasteiger partial charge in [-0.3, -0.25) is 0 Å². The van der Waals surface area contributed by atoms with Crippen molar-refractivity contribution in [1.82, 2.24) is 4.90 Å². The molecule has 0 heterocycles. The van der Waals surface area contributed by atoms with Gasteiger partial charge < -0.3 is 4.90 Å². The number of likely N-dealkylation sites (N-methyl/N-ethyl adjacent to an activating group) is 1. The molecule has 19 heavy (non-hydrogen) atoms. The molecular formula is C15H18F2N2. The van der Waals surface area contributed by atoms with E-state index >= 15 is 0 Å². The molecule has 0 N–H and O–H groups in total. The second kappa shape index (κ2) is 5.66. The van der Waals surface area contributed by atoms with E-state index in [0.29, 0.717) is 6.42 Å². The van der Waals surface area contributed by atoms with E-state index in [1.807, 2.05) is 7.05 Å². The van der Waals surface area contributed by atoms with Crippen LogP contribution in [-0.4, -0.2) is 25.0 Å². The summed E-state index contributed by atoms with van der Waals surface area (Å²) >= 11 is 0. The molecule has 1 aromatic carbocycles. The lowest BCUT2D eigenvalue weighted by Gasteiger charge is -2.38. The average molecular weight is 264 g/mol. The topological polar surface area (TPSA) is 27.0 Å². The summed E-state index contributed by atoms with van der Waals surface area (Å²) in [6, 6.07) is 6.42. The summed E-state index contributed by atoms with van der Waals surface area (Å²) in [5.41, 5.74) is 0.605. The van der Waals surface area contributed by atoms with E-state index in [2.05, 4.69) is 11.0 Å². The largest absolute Gasteiger partial charge is 0.304 e. The van der Waals surface area contributed by atoms with Crippen LogP contribution >= 0.6 is 0 Å². The standard InChI is InChI=1S/C15H18F2N2/c1-19(11-15(10-18)6-2-7-15)8-5-12-3-4-13(16)14(17)9-12/h3-4,9H,2,5-8,11H2,1H3. The minimum absolute atomic E-state index is 0.178. The van der Waals surface area contributed by atoms with Crippen molar-refractivity contribution in [3.8, 4) is 6.07 Å². The maximum absolute atomic E-state index is 13.1. The zero-order valence-corrected chi connectivity index (χ0v) is 11.1. The molecule has 0 radical (unpaired) electrons. The van der Waals surface area contributed by atoms with Gasteiger partial charge in [0.2, 0.25) is 0 Å². The summed E-state index contributed by atoms with van der Waals surface area (Å²) in [7, 11) is 1.97. The lowest BCUT2D eigenvalue weighted by atomic mass is 9.69. The SMILES string of the molecule is CN(CCc1ccc(F)c(F)c1)CC1(C#N)CCC1. The molecule has 1 fully saturated rings. The van der Waals surface area contributed by atoms with Crippen LogP contribution in [0, 0.1) is 28.4 Å². The van der Waals surface area contributed by atoms with Crippen LogP contribution in [0.2, 0.25) is 0 Å². The lowest BCUT2D eigenvalue weighted by molar-refractivity contribution is 0.139. The molecular weight excluding hydrogens is 246 g/mol. The highest BCUT2D eigenvalue weighted by Crippen LogP contribution is 2.40. The van der Waals surface area contributed by atoms with Crippen molar-refractivity contribution in [3.05, 3.63) is 35.4 Å². The highest BCUT2D eigenvalue weighted by Gasteiger charge is 2.37. The molecule has 0 aromatic heterocycles. The van der Waals surface area contributed by atoms with E-state index in [9.17, 15) is 8.78 Å². The second-order valence-electron chi connectivity index (χ2n) is 5.48. The van der Waals surface area contributed by atoms with Crippen molar-refractivity contribution >= 4 is 0 Å². The minimum atomic E-state index is -0.810. The van der Waals surface area contributed by atoms with Crippen molar-refractivity contribution in [2.75, 3.05) is 20.1 Å². The second-order valence-corrected chi connectivity index (χ2v) is 5.48. The van der Waals surface area contributed by atoms with Gasteiger partial charge in [0.15, 0.2) is 11.6 Å². The van der Waals surface area contributed by atoms with E-state index in [-0.39, 0.29) is 5.41 Å². The number of halogens is 2. The van der Waals surface area contributed by atoms with Crippen molar-refractivity contribution in [3.63, 3.8) is 0 Å². The van der Waals surface area contributed by atoms with E-state index in [1.54, 1.807) is 6.07 Å². The summed E-state index contributed by atoms with van der Waals surface area (Å²) in [5.74, 6) is -1.61. The molecule has 0 saturated heterocycles. The van der Waals surface area contributed by atoms with Crippen LogP contribution < -0.4 is 0 Å². The quantitative estimate of drug-likeness (QED) is 0.817. The van der Waals surface area contributed by atoms with Gasteiger partial charge in [-0.2, -0.15) is 5.26 Å². The molecule has 0 atom stereocenters. The first-order chi connectivity index (χ1) is 9.04. The number of hydrogen-bond donors (Lipinski definition) is 0. The van der Waals surface area contributed by atoms with Gasteiger partial charge in [-0.15, -0.1) is 0 Å². The van der Waals surface area contributed by atoms with E-state index in [1.165, 1.54) is 6.07 Å². The van der Waals surface area contributed by atoms with Gasteiger partial charge in [-0.25, -0.2) is 8.78 Å². The van der Waals surface area contributed by atoms with Crippen LogP contribution in [0.4, 0.5) is 8.78 Å². The Balaban J connectivity index is 1.85. The zero-order valence-electron chi connectivity index (χ0n) is 11.1. The fourth-order valence-electron chi connectivity index (χ4n) is 2.52. The molecule has 0 unspecified atom stereocenters. The Labute approximate surface area is 112 Å². The van der Waals surface area contributed by atoms with Gasteiger partial charge in [-0.1, -0.05) is 12.5 Å². The molecule has 1 aliphatic rings. The predicted molar refractivity (Wildman–Crippen MR) is 69.5 cm³/mol. The van der Waals surface area contributed by atoms with Gasteiger partial charge in [-0.05, 0) is 44.0 Å². The van der Waals surface area contributed by atoms with Gasteiger partial charge in [0.25, 0.3) is 0 Å². The Morgan fingerprint density at radius 3 is 2.58 bits per heavy atom. The van der Waals surface area contributed by atoms with Crippen LogP contribution in [0.15, 0.2) is 18.2 Å². The molecule has 2 nitrogen and oxygen atoms in total. The average Bonchev–Trinajstić information content (AvgIpc) is 2.35. The minimum Gasteiger partial charge on any atom is -0.304 e. The molecule has 1 saturated carbocycles. The van der Waals surface area contributed by atoms with Gasteiger partial charge in [0, 0.05) is 13.1 Å². The Morgan fingerprint density at radius 1 is 1.32 bits per heavy atom. The molecule has 0 amide bonds. The first-order valence-electron chi connectivity index (χ1n) is 6.58. The summed E-state index contributed by atoms with van der Waals surface area (Å²) in [6.45, 7) is 1.50. The van der Waals surface area contributed by atoms with E-state index in [4.69, 9.17) is 5.26 Å². The van der Waals surface area contributed by atoms with E-state index in [0.717, 1.165) is 44.0 Å². The fourth-order valence-corrected chi connectivity index (χ4v) is 2.52. The summed E-state index contributed by atoms with van der Waals surface area (Å²) < 4.78 is 25.9. The molecule has 1 aromatic rings. The Hall–Kier alpha value is -1.47. The van der Waals surface area contributed by atoms with Crippen LogP contribution in [0.5, 0.6) is 0 Å². The smallest absolute Gasteiger partial charge is 0.159 e. The van der Waals surface area contributed by atoms with Crippen molar-refractivity contribution in [1.29, 1.82) is 5.26 Å². The maximum Gasteiger partial charge on any atom is 0.159 e. The molecule has 0 aliphatic heterocycles. The molecule has 0 bridgehead atoms. The highest BCUT2D eigenvalue weighted by molar-refractivity contribution is 5.18. The van der Waals surface area contributed by atoms with Crippen molar-refractivity contribution in [2.24, 2.45) is 5.41 Å². The number of hydrogen-bond acceptors (Lipinski definition) is 2. The highest BCUT2D eigenvalue weighted by atomic mass is 19.2. The Bertz CT molecular complexity index is 489. The molecule has 102 valence electrons. The summed E-state index contributed by atoms with van der Waals surface area (Å²) in [6.07, 6.45) is 3.73. The third-order valence-electron chi connectivity index (χ3n) is 3.89. The third kappa shape index (κ3) is 3.30. The number of rotatable bonds is 5. The predicted octanol–water partition coefficient (Wildman–Crippen LogP) is 3.13. The molecule has 2 rings (SSSR count). The number of nitriles is 1. The van der Waals surface area contributed by atoms with Gasteiger partial charge in [0.05, 0.1) is 11.5 Å². The number of nitrogens with zero attached hydrogens (tertiary/aromatic N) is 2. The fraction of sp³-hybridized carbons (Fsp3) is 0.533. The Morgan fingerprint density at radius 2 is 2.05 bits per heavy atom. The van der Waals surface area contributed by atoms with Gasteiger partial charge in [0.1, 0.15) is 0 Å². The third-order valence-corrected chi connectivity index (χ3v) is 3.89. The van der Waals surface area contributed by atoms with Crippen LogP contribution in [0.25, 0.3) is 0 Å². The molecule has 1 aliphatic carbocycles. The normalized spacial score (nSPS) is 17.0. The van der Waals surface area contributed by atoms with Gasteiger partial charge >= 0.3 is 0 Å². The monoisotopic (exact) mass is 264 g/mol. The molecule has 0 spiro atoms. The van der Waals surface area contributed by atoms with Crippen molar-refractivity contribution < 1.29 is 8.78 Å². The first kappa shape index (κ1) is 14.0.